The Hall–Kier alpha value is -3.47. The molecule has 2 amide bonds. The van der Waals surface area contributed by atoms with Crippen LogP contribution in [0.2, 0.25) is 0 Å². The number of hydrogen-bond acceptors (Lipinski definition) is 8. The molecule has 0 spiro atoms. The van der Waals surface area contributed by atoms with E-state index in [4.69, 9.17) is 18.9 Å². The largest absolute Gasteiger partial charge is 0.496 e. The van der Waals surface area contributed by atoms with Crippen molar-refractivity contribution in [3.8, 4) is 11.5 Å². The lowest BCUT2D eigenvalue weighted by Gasteiger charge is -2.23. The topological polar surface area (TPSA) is 120 Å². The number of nitrogens with one attached hydrogen (secondary N) is 1. The summed E-state index contributed by atoms with van der Waals surface area (Å²) in [5.74, 6) is -1.08. The molecule has 0 radical (unpaired) electrons. The third-order valence-electron chi connectivity index (χ3n) is 5.04. The number of anilines is 1. The highest BCUT2D eigenvalue weighted by molar-refractivity contribution is 7.96. The van der Waals surface area contributed by atoms with Crippen LogP contribution in [-0.2, 0) is 19.1 Å². The molecule has 1 N–H and O–H groups in total. The molecule has 1 aliphatic heterocycles. The number of amides is 2. The number of methoxy groups -OCH3 is 2. The summed E-state index contributed by atoms with van der Waals surface area (Å²) < 4.78 is 20.8. The predicted octanol–water partition coefficient (Wildman–Crippen LogP) is 2.84. The van der Waals surface area contributed by atoms with Crippen molar-refractivity contribution in [2.45, 2.75) is 18.9 Å². The Bertz CT molecular complexity index is 965. The van der Waals surface area contributed by atoms with Crippen molar-refractivity contribution in [3.63, 3.8) is 0 Å². The number of nitrogens with zero attached hydrogens (tertiary/aromatic N) is 1. The molecule has 2 atom stereocenters. The van der Waals surface area contributed by atoms with Gasteiger partial charge in [0, 0.05) is 19.0 Å². The standard InChI is InChI=1S/C23H28N2O8S/c1-5-7-32-22(28)15-11-16(19(31-4)12-18(15)30-3)24-21(27)17-9-14(10-20(26)34)13-25(17)23(29)33-8-6-2/h5-6,11-12,14,17H,1-2,7-10,13H2,3-4H3,(H,24,27)(H,26,34)/t14-,17-/m0/s1. The van der Waals surface area contributed by atoms with E-state index in [0.717, 1.165) is 0 Å². The van der Waals surface area contributed by atoms with Gasteiger partial charge in [0.15, 0.2) is 5.12 Å². The van der Waals surface area contributed by atoms with Crippen LogP contribution >= 0.6 is 12.6 Å². The third kappa shape index (κ3) is 6.77. The van der Waals surface area contributed by atoms with Gasteiger partial charge in [-0.15, -0.1) is 12.6 Å². The molecule has 1 aromatic carbocycles. The van der Waals surface area contributed by atoms with Gasteiger partial charge in [0.2, 0.25) is 5.91 Å². The molecule has 1 aromatic rings. The summed E-state index contributed by atoms with van der Waals surface area (Å²) in [7, 11) is 2.77. The summed E-state index contributed by atoms with van der Waals surface area (Å²) in [5.41, 5.74) is 0.236. The Kier molecular flexibility index (Phi) is 9.99. The zero-order valence-corrected chi connectivity index (χ0v) is 20.0. The summed E-state index contributed by atoms with van der Waals surface area (Å²) in [6.07, 6.45) is 2.46. The molecule has 2 rings (SSSR count). The van der Waals surface area contributed by atoms with Gasteiger partial charge >= 0.3 is 12.1 Å². The maximum absolute atomic E-state index is 13.2. The first-order valence-corrected chi connectivity index (χ1v) is 10.8. The Balaban J connectivity index is 2.33. The number of rotatable bonds is 11. The number of hydrogen-bond donors (Lipinski definition) is 2. The van der Waals surface area contributed by atoms with Crippen LogP contribution in [0.3, 0.4) is 0 Å². The van der Waals surface area contributed by atoms with E-state index < -0.39 is 24.0 Å². The summed E-state index contributed by atoms with van der Waals surface area (Å²) in [4.78, 5) is 50.9. The fourth-order valence-electron chi connectivity index (χ4n) is 3.57. The molecule has 0 unspecified atom stereocenters. The van der Waals surface area contributed by atoms with Crippen molar-refractivity contribution < 1.29 is 38.1 Å². The normalized spacial score (nSPS) is 16.9. The fourth-order valence-corrected chi connectivity index (χ4v) is 3.82. The summed E-state index contributed by atoms with van der Waals surface area (Å²) in [6.45, 7) is 7.12. The van der Waals surface area contributed by atoms with Crippen LogP contribution in [0.4, 0.5) is 10.5 Å². The predicted molar refractivity (Wildman–Crippen MR) is 127 cm³/mol. The minimum atomic E-state index is -0.919. The first-order valence-electron chi connectivity index (χ1n) is 10.4. The van der Waals surface area contributed by atoms with Gasteiger partial charge in [-0.2, -0.15) is 0 Å². The Morgan fingerprint density at radius 2 is 1.74 bits per heavy atom. The van der Waals surface area contributed by atoms with Gasteiger partial charge in [0.05, 0.1) is 19.9 Å². The molecular formula is C23H28N2O8S. The Morgan fingerprint density at radius 1 is 1.09 bits per heavy atom. The van der Waals surface area contributed by atoms with E-state index in [0.29, 0.717) is 0 Å². The summed E-state index contributed by atoms with van der Waals surface area (Å²) in [6, 6.07) is 1.89. The lowest BCUT2D eigenvalue weighted by atomic mass is 10.0. The number of benzene rings is 1. The lowest BCUT2D eigenvalue weighted by molar-refractivity contribution is -0.120. The molecule has 0 aliphatic carbocycles. The lowest BCUT2D eigenvalue weighted by Crippen LogP contribution is -2.43. The molecule has 0 bridgehead atoms. The highest BCUT2D eigenvalue weighted by Crippen LogP contribution is 2.35. The van der Waals surface area contributed by atoms with E-state index in [-0.39, 0.29) is 66.4 Å². The molecule has 10 nitrogen and oxygen atoms in total. The maximum Gasteiger partial charge on any atom is 0.410 e. The number of ether oxygens (including phenoxy) is 4. The van der Waals surface area contributed by atoms with Gasteiger partial charge < -0.3 is 24.3 Å². The number of thiol groups is 1. The van der Waals surface area contributed by atoms with E-state index >= 15 is 0 Å². The third-order valence-corrected chi connectivity index (χ3v) is 5.23. The van der Waals surface area contributed by atoms with Gasteiger partial charge in [-0.25, -0.2) is 9.59 Å². The molecule has 0 aromatic heterocycles. The van der Waals surface area contributed by atoms with E-state index in [1.165, 1.54) is 43.4 Å². The fraction of sp³-hybridized carbons (Fsp3) is 0.391. The number of carbonyl (C=O) groups is 4. The summed E-state index contributed by atoms with van der Waals surface area (Å²) in [5, 5.41) is 2.36. The SMILES string of the molecule is C=CCOC(=O)c1cc(NC(=O)[C@@H]2C[C@@H](CC(=O)S)CN2C(=O)OCC=C)c(OC)cc1OC. The van der Waals surface area contributed by atoms with Crippen LogP contribution in [0.1, 0.15) is 23.2 Å². The molecule has 184 valence electrons. The zero-order valence-electron chi connectivity index (χ0n) is 19.1. The first kappa shape index (κ1) is 26.8. The van der Waals surface area contributed by atoms with E-state index in [1.807, 2.05) is 0 Å². The van der Waals surface area contributed by atoms with Crippen LogP contribution < -0.4 is 14.8 Å². The monoisotopic (exact) mass is 492 g/mol. The van der Waals surface area contributed by atoms with Gasteiger partial charge in [-0.1, -0.05) is 25.3 Å². The molecule has 0 saturated carbocycles. The number of carbonyl (C=O) groups excluding carboxylic acids is 4. The van der Waals surface area contributed by atoms with Crippen molar-refractivity contribution in [2.75, 3.05) is 39.3 Å². The molecular weight excluding hydrogens is 464 g/mol. The highest BCUT2D eigenvalue weighted by atomic mass is 32.1. The van der Waals surface area contributed by atoms with Gasteiger partial charge in [0.1, 0.15) is 36.3 Å². The van der Waals surface area contributed by atoms with Crippen LogP contribution in [0, 0.1) is 5.92 Å². The first-order chi connectivity index (χ1) is 16.2. The van der Waals surface area contributed by atoms with Crippen molar-refractivity contribution in [3.05, 3.63) is 43.0 Å². The Labute approximate surface area is 203 Å². The van der Waals surface area contributed by atoms with E-state index in [2.05, 4.69) is 31.1 Å². The molecule has 34 heavy (non-hydrogen) atoms. The van der Waals surface area contributed by atoms with Gasteiger partial charge in [-0.3, -0.25) is 14.5 Å². The minimum Gasteiger partial charge on any atom is -0.496 e. The molecule has 11 heteroatoms. The average Bonchev–Trinajstić information content (AvgIpc) is 3.23. The van der Waals surface area contributed by atoms with Gasteiger partial charge in [-0.05, 0) is 18.4 Å². The second-order valence-electron chi connectivity index (χ2n) is 7.36. The maximum atomic E-state index is 13.2. The number of esters is 1. The van der Waals surface area contributed by atoms with E-state index in [9.17, 15) is 19.2 Å². The quantitative estimate of drug-likeness (QED) is 0.275. The number of likely N-dealkylation sites (tertiary alicyclic amines) is 1. The van der Waals surface area contributed by atoms with E-state index in [1.54, 1.807) is 0 Å². The van der Waals surface area contributed by atoms with Crippen molar-refractivity contribution >= 4 is 41.4 Å². The molecule has 1 aliphatic rings. The smallest absolute Gasteiger partial charge is 0.410 e. The second kappa shape index (κ2) is 12.7. The zero-order chi connectivity index (χ0) is 25.3. The van der Waals surface area contributed by atoms with Crippen molar-refractivity contribution in [2.24, 2.45) is 5.92 Å². The second-order valence-corrected chi connectivity index (χ2v) is 7.86. The molecule has 1 fully saturated rings. The van der Waals surface area contributed by atoms with Crippen molar-refractivity contribution in [1.82, 2.24) is 4.90 Å². The highest BCUT2D eigenvalue weighted by Gasteiger charge is 2.41. The van der Waals surface area contributed by atoms with Crippen LogP contribution in [0.5, 0.6) is 11.5 Å². The van der Waals surface area contributed by atoms with Gasteiger partial charge in [0.25, 0.3) is 0 Å². The summed E-state index contributed by atoms with van der Waals surface area (Å²) >= 11 is 3.81. The molecule has 1 heterocycles. The average molecular weight is 493 g/mol. The van der Waals surface area contributed by atoms with Crippen LogP contribution in [0.25, 0.3) is 0 Å². The van der Waals surface area contributed by atoms with Crippen LogP contribution in [-0.4, -0.2) is 68.0 Å². The van der Waals surface area contributed by atoms with Crippen LogP contribution in [0.15, 0.2) is 37.4 Å². The van der Waals surface area contributed by atoms with Crippen molar-refractivity contribution in [1.29, 1.82) is 0 Å². The molecule has 1 saturated heterocycles. The minimum absolute atomic E-state index is 0.00911. The Morgan fingerprint density at radius 3 is 2.32 bits per heavy atom.